The van der Waals surface area contributed by atoms with Crippen LogP contribution >= 0.6 is 0 Å². The molecule has 0 radical (unpaired) electrons. The van der Waals surface area contributed by atoms with Crippen LogP contribution in [0.2, 0.25) is 0 Å². The molecule has 0 saturated carbocycles. The molecule has 0 fully saturated rings. The average Bonchev–Trinajstić information content (AvgIpc) is 2.30. The normalized spacial score (nSPS) is 18.1. The molecule has 1 atom stereocenters. The molecular formula is C10H9Cl2Ti. The van der Waals surface area contributed by atoms with Crippen LogP contribution in [0.3, 0.4) is 0 Å². The zero-order chi connectivity index (χ0) is 7.84. The molecule has 1 aliphatic rings. The minimum absolute atomic E-state index is 0. The molecule has 1 unspecified atom stereocenters. The summed E-state index contributed by atoms with van der Waals surface area (Å²) in [6.07, 6.45) is 2.32. The number of benzene rings is 1. The molecule has 1 aliphatic carbocycles. The van der Waals surface area contributed by atoms with Crippen LogP contribution in [-0.4, -0.2) is 0 Å². The summed E-state index contributed by atoms with van der Waals surface area (Å²) in [6, 6.07) is 8.63. The third-order valence-electron chi connectivity index (χ3n) is 2.14. The van der Waals surface area contributed by atoms with E-state index in [-0.39, 0.29) is 24.8 Å². The first kappa shape index (κ1) is 13.3. The Morgan fingerprint density at radius 2 is 1.77 bits per heavy atom. The van der Waals surface area contributed by atoms with E-state index < -0.39 is 0 Å². The van der Waals surface area contributed by atoms with E-state index in [1.807, 2.05) is 0 Å². The minimum atomic E-state index is 0. The average molecular weight is 248 g/mol. The Bertz CT molecular complexity index is 320. The van der Waals surface area contributed by atoms with Crippen LogP contribution in [0, 0.1) is 0 Å². The molecule has 13 heavy (non-hydrogen) atoms. The van der Waals surface area contributed by atoms with Gasteiger partial charge in [-0.05, 0) is 0 Å². The maximum Gasteiger partial charge on any atom is -1.00 e. The predicted octanol–water partition coefficient (Wildman–Crippen LogP) is -3.30. The van der Waals surface area contributed by atoms with Crippen molar-refractivity contribution in [1.82, 2.24) is 0 Å². The molecule has 0 amide bonds. The molecule has 0 nitrogen and oxygen atoms in total. The topological polar surface area (TPSA) is 0 Å². The van der Waals surface area contributed by atoms with Crippen molar-refractivity contribution < 1.29 is 45.2 Å². The van der Waals surface area contributed by atoms with Crippen LogP contribution in [0.15, 0.2) is 30.3 Å². The van der Waals surface area contributed by atoms with Gasteiger partial charge in [-0.3, -0.25) is 0 Å². The molecular weight excluding hydrogens is 239 g/mol. The Morgan fingerprint density at radius 3 is 2.38 bits per heavy atom. The molecule has 3 heteroatoms. The smallest absolute Gasteiger partial charge is 1.00 e. The van der Waals surface area contributed by atoms with Crippen molar-refractivity contribution in [1.29, 1.82) is 0 Å². The Labute approximate surface area is 103 Å². The largest absolute Gasteiger partial charge is 1.00 e. The number of halogens is 2. The quantitative estimate of drug-likeness (QED) is 0.422. The van der Waals surface area contributed by atoms with Gasteiger partial charge in [0, 0.05) is 0 Å². The van der Waals surface area contributed by atoms with Crippen molar-refractivity contribution in [3.05, 3.63) is 41.5 Å². The van der Waals surface area contributed by atoms with E-state index in [1.54, 1.807) is 0 Å². The van der Waals surface area contributed by atoms with Crippen molar-refractivity contribution in [2.75, 3.05) is 0 Å². The molecule has 1 aromatic carbocycles. The van der Waals surface area contributed by atoms with Crippen LogP contribution in [-0.2, 0) is 20.4 Å². The van der Waals surface area contributed by atoms with E-state index in [2.05, 4.69) is 57.7 Å². The van der Waals surface area contributed by atoms with E-state index in [0.717, 1.165) is 0 Å². The summed E-state index contributed by atoms with van der Waals surface area (Å²) >= 11 is 2.25. The van der Waals surface area contributed by atoms with Gasteiger partial charge in [-0.15, -0.1) is 0 Å². The summed E-state index contributed by atoms with van der Waals surface area (Å²) in [5.74, 6) is 0. The van der Waals surface area contributed by atoms with Gasteiger partial charge in [-0.1, -0.05) is 0 Å². The van der Waals surface area contributed by atoms with E-state index >= 15 is 0 Å². The van der Waals surface area contributed by atoms with E-state index in [9.17, 15) is 0 Å². The summed E-state index contributed by atoms with van der Waals surface area (Å²) in [4.78, 5) is 0. The Kier molecular flexibility index (Phi) is 5.32. The molecule has 0 aromatic heterocycles. The molecule has 1 aromatic rings. The molecule has 0 saturated heterocycles. The van der Waals surface area contributed by atoms with Crippen molar-refractivity contribution in [2.24, 2.45) is 0 Å². The minimum Gasteiger partial charge on any atom is -1.00 e. The second kappa shape index (κ2) is 5.21. The second-order valence-corrected chi connectivity index (χ2v) is 3.89. The maximum atomic E-state index is 2.32. The SMILES string of the molecule is CC1=C[CH]([Ti+2])c2ccccc21.[Cl-].[Cl-]. The van der Waals surface area contributed by atoms with Gasteiger partial charge < -0.3 is 24.8 Å². The Balaban J connectivity index is 0.000000720. The summed E-state index contributed by atoms with van der Waals surface area (Å²) in [6.45, 7) is 2.18. The van der Waals surface area contributed by atoms with Gasteiger partial charge in [0.1, 0.15) is 0 Å². The zero-order valence-electron chi connectivity index (χ0n) is 7.22. The van der Waals surface area contributed by atoms with Crippen LogP contribution in [0.25, 0.3) is 5.57 Å². The standard InChI is InChI=1S/C10H9.2ClH.Ti/c1-8-6-7-9-4-2-3-5-10(8)9;;;/h2-7H,1H3;2*1H;/q;;;+2/p-2. The monoisotopic (exact) mass is 247 g/mol. The first-order valence-corrected chi connectivity index (χ1v) is 4.68. The van der Waals surface area contributed by atoms with Crippen molar-refractivity contribution in [3.63, 3.8) is 0 Å². The summed E-state index contributed by atoms with van der Waals surface area (Å²) in [5.41, 5.74) is 4.33. The number of hydrogen-bond donors (Lipinski definition) is 0. The first-order chi connectivity index (χ1) is 5.29. The van der Waals surface area contributed by atoms with Crippen LogP contribution < -0.4 is 24.8 Å². The molecule has 0 bridgehead atoms. The van der Waals surface area contributed by atoms with Crippen molar-refractivity contribution in [2.45, 2.75) is 11.1 Å². The molecule has 2 rings (SSSR count). The third-order valence-corrected chi connectivity index (χ3v) is 2.88. The Hall–Kier alpha value is 0.254. The van der Waals surface area contributed by atoms with E-state index in [0.29, 0.717) is 4.22 Å². The molecule has 0 aliphatic heterocycles. The molecule has 67 valence electrons. The van der Waals surface area contributed by atoms with Gasteiger partial charge in [0.2, 0.25) is 0 Å². The van der Waals surface area contributed by atoms with Crippen LogP contribution in [0.1, 0.15) is 22.3 Å². The van der Waals surface area contributed by atoms with Gasteiger partial charge in [-0.2, -0.15) is 0 Å². The number of allylic oxidation sites excluding steroid dienone is 2. The van der Waals surface area contributed by atoms with E-state index in [4.69, 9.17) is 0 Å². The summed E-state index contributed by atoms with van der Waals surface area (Å²) < 4.78 is 0.617. The van der Waals surface area contributed by atoms with Crippen LogP contribution in [0.4, 0.5) is 0 Å². The summed E-state index contributed by atoms with van der Waals surface area (Å²) in [5, 5.41) is 0. The number of rotatable bonds is 0. The van der Waals surface area contributed by atoms with Gasteiger partial charge >= 0.3 is 78.6 Å². The zero-order valence-corrected chi connectivity index (χ0v) is 10.3. The predicted molar refractivity (Wildman–Crippen MR) is 42.8 cm³/mol. The van der Waals surface area contributed by atoms with Crippen molar-refractivity contribution in [3.8, 4) is 0 Å². The fourth-order valence-electron chi connectivity index (χ4n) is 1.56. The number of fused-ring (bicyclic) bond motifs is 1. The Morgan fingerprint density at radius 1 is 1.15 bits per heavy atom. The molecule has 0 spiro atoms. The third kappa shape index (κ3) is 2.38. The fourth-order valence-corrected chi connectivity index (χ4v) is 2.34. The first-order valence-electron chi connectivity index (χ1n) is 3.78. The van der Waals surface area contributed by atoms with Gasteiger partial charge in [0.25, 0.3) is 0 Å². The van der Waals surface area contributed by atoms with Gasteiger partial charge in [-0.25, -0.2) is 0 Å². The maximum absolute atomic E-state index is 2.32. The molecule has 0 N–H and O–H groups in total. The van der Waals surface area contributed by atoms with Gasteiger partial charge in [0.15, 0.2) is 0 Å². The van der Waals surface area contributed by atoms with Gasteiger partial charge in [0.05, 0.1) is 0 Å². The number of hydrogen-bond acceptors (Lipinski definition) is 0. The van der Waals surface area contributed by atoms with Crippen molar-refractivity contribution >= 4 is 5.57 Å². The van der Waals surface area contributed by atoms with Crippen LogP contribution in [0.5, 0.6) is 0 Å². The second-order valence-electron chi connectivity index (χ2n) is 2.91. The van der Waals surface area contributed by atoms with E-state index in [1.165, 1.54) is 16.7 Å². The fraction of sp³-hybridized carbons (Fsp3) is 0.200. The molecule has 0 heterocycles. The summed E-state index contributed by atoms with van der Waals surface area (Å²) in [7, 11) is 0.